The Morgan fingerprint density at radius 1 is 1.20 bits per heavy atom. The van der Waals surface area contributed by atoms with Crippen molar-refractivity contribution in [3.05, 3.63) is 71.9 Å². The summed E-state index contributed by atoms with van der Waals surface area (Å²) in [4.78, 5) is 11.9. The summed E-state index contributed by atoms with van der Waals surface area (Å²) < 4.78 is 0. The molecule has 1 amide bonds. The maximum Gasteiger partial charge on any atom is 0.259 e. The van der Waals surface area contributed by atoms with Gasteiger partial charge in [0.1, 0.15) is 0 Å². The largest absolute Gasteiger partial charge is 0.376 e. The fourth-order valence-electron chi connectivity index (χ4n) is 2.38. The van der Waals surface area contributed by atoms with E-state index in [0.717, 1.165) is 28.1 Å². The van der Waals surface area contributed by atoms with Gasteiger partial charge in [-0.3, -0.25) is 9.89 Å². The molecular formula is C19H19N5O. The van der Waals surface area contributed by atoms with Gasteiger partial charge in [-0.1, -0.05) is 42.5 Å². The smallest absolute Gasteiger partial charge is 0.259 e. The summed E-state index contributed by atoms with van der Waals surface area (Å²) in [5, 5.41) is 14.1. The highest BCUT2D eigenvalue weighted by Gasteiger charge is 2.05. The van der Waals surface area contributed by atoms with E-state index < -0.39 is 0 Å². The zero-order chi connectivity index (χ0) is 17.5. The molecule has 126 valence electrons. The number of aromatic amines is 1. The number of H-pyrrole nitrogens is 1. The van der Waals surface area contributed by atoms with Crippen molar-refractivity contribution < 1.29 is 4.79 Å². The van der Waals surface area contributed by atoms with Crippen LogP contribution in [-0.2, 0) is 4.79 Å². The lowest BCUT2D eigenvalue weighted by Crippen LogP contribution is -2.25. The van der Waals surface area contributed by atoms with Crippen molar-refractivity contribution in [1.82, 2.24) is 15.6 Å². The van der Waals surface area contributed by atoms with Gasteiger partial charge >= 0.3 is 0 Å². The van der Waals surface area contributed by atoms with Gasteiger partial charge in [0, 0.05) is 16.8 Å². The molecule has 6 heteroatoms. The monoisotopic (exact) mass is 333 g/mol. The Bertz CT molecular complexity index is 870. The van der Waals surface area contributed by atoms with E-state index in [-0.39, 0.29) is 12.5 Å². The molecule has 3 rings (SSSR count). The summed E-state index contributed by atoms with van der Waals surface area (Å²) in [7, 11) is 0. The van der Waals surface area contributed by atoms with Gasteiger partial charge in [0.05, 0.1) is 24.7 Å². The highest BCUT2D eigenvalue weighted by Crippen LogP contribution is 2.18. The van der Waals surface area contributed by atoms with E-state index in [1.54, 1.807) is 12.4 Å². The maximum absolute atomic E-state index is 11.9. The number of carbonyl (C=O) groups excluding carboxylic acids is 1. The van der Waals surface area contributed by atoms with Crippen molar-refractivity contribution in [3.63, 3.8) is 0 Å². The lowest BCUT2D eigenvalue weighted by atomic mass is 10.1. The molecule has 0 fully saturated rings. The molecule has 0 saturated carbocycles. The van der Waals surface area contributed by atoms with Gasteiger partial charge in [-0.2, -0.15) is 10.2 Å². The summed E-state index contributed by atoms with van der Waals surface area (Å²) >= 11 is 0. The van der Waals surface area contributed by atoms with Gasteiger partial charge in [0.2, 0.25) is 0 Å². The van der Waals surface area contributed by atoms with Gasteiger partial charge in [-0.05, 0) is 24.6 Å². The first-order chi connectivity index (χ1) is 12.2. The molecule has 3 N–H and O–H groups in total. The van der Waals surface area contributed by atoms with Crippen LogP contribution in [0.5, 0.6) is 0 Å². The van der Waals surface area contributed by atoms with Gasteiger partial charge in [-0.15, -0.1) is 0 Å². The van der Waals surface area contributed by atoms with Crippen LogP contribution >= 0.6 is 0 Å². The molecule has 0 aliphatic carbocycles. The van der Waals surface area contributed by atoms with E-state index >= 15 is 0 Å². The Balaban J connectivity index is 1.55. The van der Waals surface area contributed by atoms with Crippen LogP contribution in [0.2, 0.25) is 0 Å². The van der Waals surface area contributed by atoms with E-state index in [0.29, 0.717) is 0 Å². The summed E-state index contributed by atoms with van der Waals surface area (Å²) in [6.45, 7) is 2.16. The number of amides is 1. The second-order valence-electron chi connectivity index (χ2n) is 5.58. The van der Waals surface area contributed by atoms with Crippen LogP contribution in [0, 0.1) is 6.92 Å². The number of hydrogen-bond donors (Lipinski definition) is 3. The standard InChI is InChI=1S/C19H19N5O/c1-14-6-5-9-17(10-14)20-13-18(25)23-21-11-16-12-22-24-19(16)15-7-3-2-4-8-15/h2-12,20H,13H2,1H3,(H,22,24)(H,23,25)/b21-11-. The van der Waals surface area contributed by atoms with Crippen LogP contribution in [0.1, 0.15) is 11.1 Å². The molecule has 6 nitrogen and oxygen atoms in total. The molecule has 0 saturated heterocycles. The number of benzene rings is 2. The minimum atomic E-state index is -0.220. The molecule has 0 unspecified atom stereocenters. The van der Waals surface area contributed by atoms with Crippen molar-refractivity contribution >= 4 is 17.8 Å². The van der Waals surface area contributed by atoms with Crippen LogP contribution in [0.15, 0.2) is 65.9 Å². The first kappa shape index (κ1) is 16.4. The lowest BCUT2D eigenvalue weighted by molar-refractivity contribution is -0.119. The van der Waals surface area contributed by atoms with E-state index in [1.165, 1.54) is 0 Å². The van der Waals surface area contributed by atoms with Crippen molar-refractivity contribution in [2.45, 2.75) is 6.92 Å². The Labute approximate surface area is 146 Å². The molecular weight excluding hydrogens is 314 g/mol. The molecule has 0 aliphatic rings. The van der Waals surface area contributed by atoms with Crippen molar-refractivity contribution in [3.8, 4) is 11.3 Å². The van der Waals surface area contributed by atoms with E-state index in [9.17, 15) is 4.79 Å². The number of aryl methyl sites for hydroxylation is 1. The number of nitrogens with zero attached hydrogens (tertiary/aromatic N) is 2. The van der Waals surface area contributed by atoms with Crippen LogP contribution in [-0.4, -0.2) is 28.9 Å². The third kappa shape index (κ3) is 4.54. The summed E-state index contributed by atoms with van der Waals surface area (Å²) in [5.74, 6) is -0.220. The normalized spacial score (nSPS) is 10.8. The average molecular weight is 333 g/mol. The second-order valence-corrected chi connectivity index (χ2v) is 5.58. The third-order valence-corrected chi connectivity index (χ3v) is 3.60. The molecule has 0 atom stereocenters. The predicted molar refractivity (Wildman–Crippen MR) is 99.4 cm³/mol. The predicted octanol–water partition coefficient (Wildman–Crippen LogP) is 2.95. The van der Waals surface area contributed by atoms with Crippen molar-refractivity contribution in [2.24, 2.45) is 5.10 Å². The SMILES string of the molecule is Cc1cccc(NCC(=O)N/N=C\c2cn[nH]c2-c2ccccc2)c1. The topological polar surface area (TPSA) is 82.2 Å². The number of nitrogens with one attached hydrogen (secondary N) is 3. The summed E-state index contributed by atoms with van der Waals surface area (Å²) in [6, 6.07) is 17.7. The van der Waals surface area contributed by atoms with Crippen molar-refractivity contribution in [2.75, 3.05) is 11.9 Å². The van der Waals surface area contributed by atoms with Crippen LogP contribution in [0.25, 0.3) is 11.3 Å². The molecule has 1 heterocycles. The summed E-state index contributed by atoms with van der Waals surface area (Å²) in [6.07, 6.45) is 3.25. The molecule has 25 heavy (non-hydrogen) atoms. The highest BCUT2D eigenvalue weighted by atomic mass is 16.2. The van der Waals surface area contributed by atoms with Crippen molar-refractivity contribution in [1.29, 1.82) is 0 Å². The molecule has 0 spiro atoms. The first-order valence-electron chi connectivity index (χ1n) is 7.93. The van der Waals surface area contributed by atoms with E-state index in [4.69, 9.17) is 0 Å². The van der Waals surface area contributed by atoms with Gasteiger partial charge in [0.25, 0.3) is 5.91 Å². The Hall–Kier alpha value is -3.41. The number of anilines is 1. The number of hydrogen-bond acceptors (Lipinski definition) is 4. The minimum Gasteiger partial charge on any atom is -0.376 e. The van der Waals surface area contributed by atoms with Gasteiger partial charge in [-0.25, -0.2) is 5.43 Å². The Kier molecular flexibility index (Phi) is 5.21. The van der Waals surface area contributed by atoms with E-state index in [1.807, 2.05) is 61.5 Å². The van der Waals surface area contributed by atoms with E-state index in [2.05, 4.69) is 26.0 Å². The molecule has 0 radical (unpaired) electrons. The molecule has 0 aliphatic heterocycles. The minimum absolute atomic E-state index is 0.151. The number of rotatable bonds is 6. The fourth-order valence-corrected chi connectivity index (χ4v) is 2.38. The van der Waals surface area contributed by atoms with Crippen LogP contribution in [0.4, 0.5) is 5.69 Å². The summed E-state index contributed by atoms with van der Waals surface area (Å²) in [5.41, 5.74) is 7.22. The number of hydrazone groups is 1. The lowest BCUT2D eigenvalue weighted by Gasteiger charge is -2.05. The van der Waals surface area contributed by atoms with Crippen LogP contribution < -0.4 is 10.7 Å². The van der Waals surface area contributed by atoms with Gasteiger partial charge < -0.3 is 5.32 Å². The molecule has 1 aromatic heterocycles. The van der Waals surface area contributed by atoms with Crippen LogP contribution in [0.3, 0.4) is 0 Å². The average Bonchev–Trinajstić information content (AvgIpc) is 3.09. The van der Waals surface area contributed by atoms with Gasteiger partial charge in [0.15, 0.2) is 0 Å². The first-order valence-corrected chi connectivity index (χ1v) is 7.93. The quantitative estimate of drug-likeness (QED) is 0.479. The molecule has 3 aromatic rings. The number of aromatic nitrogens is 2. The highest BCUT2D eigenvalue weighted by molar-refractivity contribution is 5.89. The zero-order valence-corrected chi connectivity index (χ0v) is 13.9. The molecule has 2 aromatic carbocycles. The fraction of sp³-hybridized carbons (Fsp3) is 0.105. The molecule has 0 bridgehead atoms. The zero-order valence-electron chi connectivity index (χ0n) is 13.9. The number of carbonyl (C=O) groups is 1. The Morgan fingerprint density at radius 3 is 2.84 bits per heavy atom. The maximum atomic E-state index is 11.9. The Morgan fingerprint density at radius 2 is 2.04 bits per heavy atom. The third-order valence-electron chi connectivity index (χ3n) is 3.60. The second kappa shape index (κ2) is 7.92.